The molecule has 0 bridgehead atoms. The molecule has 2 fully saturated rings. The highest BCUT2D eigenvalue weighted by molar-refractivity contribution is 14.0. The predicted octanol–water partition coefficient (Wildman–Crippen LogP) is 2.28. The topological polar surface area (TPSA) is 61.8 Å². The molecule has 26 heavy (non-hydrogen) atoms. The molecule has 148 valence electrons. The Hall–Kier alpha value is -0.450. The molecule has 3 rings (SSSR count). The molecule has 0 amide bonds. The average molecular weight is 493 g/mol. The van der Waals surface area contributed by atoms with Gasteiger partial charge in [0.25, 0.3) is 0 Å². The molecule has 0 spiro atoms. The number of likely N-dealkylation sites (tertiary alicyclic amines) is 1. The zero-order valence-electron chi connectivity index (χ0n) is 15.9. The molecule has 0 aliphatic carbocycles. The number of hydrogen-bond donors (Lipinski definition) is 2. The van der Waals surface area contributed by atoms with E-state index in [0.717, 1.165) is 38.1 Å². The van der Waals surface area contributed by atoms with Gasteiger partial charge in [-0.1, -0.05) is 0 Å². The number of aromatic nitrogens is 1. The Bertz CT molecular complexity index is 554. The second-order valence-corrected chi connectivity index (χ2v) is 8.38. The second-order valence-electron chi connectivity index (χ2n) is 7.06. The first-order valence-corrected chi connectivity index (χ1v) is 10.2. The fourth-order valence-corrected chi connectivity index (χ4v) is 4.33. The Morgan fingerprint density at radius 3 is 2.81 bits per heavy atom. The van der Waals surface area contributed by atoms with E-state index in [0.29, 0.717) is 6.04 Å². The van der Waals surface area contributed by atoms with Crippen molar-refractivity contribution in [2.75, 3.05) is 46.4 Å². The lowest BCUT2D eigenvalue weighted by molar-refractivity contribution is 0.150. The van der Waals surface area contributed by atoms with Crippen molar-refractivity contribution in [1.82, 2.24) is 20.5 Å². The van der Waals surface area contributed by atoms with Gasteiger partial charge in [-0.2, -0.15) is 0 Å². The molecule has 1 aromatic rings. The van der Waals surface area contributed by atoms with Gasteiger partial charge in [0.2, 0.25) is 0 Å². The van der Waals surface area contributed by atoms with Crippen LogP contribution in [-0.4, -0.2) is 68.3 Å². The fraction of sp³-hybridized carbons (Fsp3) is 0.778. The number of ether oxygens (including phenoxy) is 1. The van der Waals surface area contributed by atoms with Crippen LogP contribution in [0.15, 0.2) is 11.2 Å². The number of nitrogens with one attached hydrogen (secondary N) is 2. The van der Waals surface area contributed by atoms with Crippen LogP contribution < -0.4 is 10.6 Å². The number of thiazole rings is 1. The van der Waals surface area contributed by atoms with E-state index in [1.165, 1.54) is 48.8 Å². The van der Waals surface area contributed by atoms with Gasteiger partial charge in [-0.25, -0.2) is 4.98 Å². The average Bonchev–Trinajstić information content (AvgIpc) is 3.27. The van der Waals surface area contributed by atoms with Gasteiger partial charge in [0.05, 0.1) is 11.6 Å². The molecular weight excluding hydrogens is 461 g/mol. The lowest BCUT2D eigenvalue weighted by atomic mass is 10.0. The quantitative estimate of drug-likeness (QED) is 0.362. The van der Waals surface area contributed by atoms with Crippen molar-refractivity contribution in [3.63, 3.8) is 0 Å². The smallest absolute Gasteiger partial charge is 0.191 e. The SMILES string of the molecule is CN=C(NCCc1ncc(C)s1)NC1CCN(CC2CCOC2)CC1.I. The number of hydrogen-bond acceptors (Lipinski definition) is 5. The van der Waals surface area contributed by atoms with Crippen molar-refractivity contribution in [1.29, 1.82) is 0 Å². The summed E-state index contributed by atoms with van der Waals surface area (Å²) < 4.78 is 5.49. The molecule has 1 aromatic heterocycles. The molecule has 6 nitrogen and oxygen atoms in total. The summed E-state index contributed by atoms with van der Waals surface area (Å²) in [4.78, 5) is 12.6. The van der Waals surface area contributed by atoms with Gasteiger partial charge < -0.3 is 20.3 Å². The minimum Gasteiger partial charge on any atom is -0.381 e. The summed E-state index contributed by atoms with van der Waals surface area (Å²) in [6, 6.07) is 0.518. The molecule has 8 heteroatoms. The van der Waals surface area contributed by atoms with Crippen LogP contribution in [0.5, 0.6) is 0 Å². The monoisotopic (exact) mass is 493 g/mol. The van der Waals surface area contributed by atoms with Crippen LogP contribution >= 0.6 is 35.3 Å². The fourth-order valence-electron chi connectivity index (χ4n) is 3.55. The van der Waals surface area contributed by atoms with E-state index in [1.54, 1.807) is 11.3 Å². The van der Waals surface area contributed by atoms with Gasteiger partial charge in [-0.05, 0) is 32.1 Å². The van der Waals surface area contributed by atoms with Gasteiger partial charge in [0.15, 0.2) is 5.96 Å². The van der Waals surface area contributed by atoms with Crippen molar-refractivity contribution < 1.29 is 4.74 Å². The van der Waals surface area contributed by atoms with Gasteiger partial charge in [0, 0.05) is 63.4 Å². The highest BCUT2D eigenvalue weighted by atomic mass is 127. The zero-order valence-corrected chi connectivity index (χ0v) is 19.0. The van der Waals surface area contributed by atoms with Crippen LogP contribution in [0.1, 0.15) is 29.1 Å². The van der Waals surface area contributed by atoms with Crippen LogP contribution in [0.2, 0.25) is 0 Å². The molecular formula is C18H32IN5OS. The van der Waals surface area contributed by atoms with Gasteiger partial charge in [-0.3, -0.25) is 4.99 Å². The van der Waals surface area contributed by atoms with E-state index in [1.807, 2.05) is 13.2 Å². The number of rotatable bonds is 6. The highest BCUT2D eigenvalue weighted by Crippen LogP contribution is 2.17. The maximum atomic E-state index is 5.49. The number of aryl methyl sites for hydroxylation is 1. The summed E-state index contributed by atoms with van der Waals surface area (Å²) in [5, 5.41) is 8.19. The molecule has 2 aliphatic rings. The normalized spacial score (nSPS) is 22.2. The van der Waals surface area contributed by atoms with Crippen molar-refractivity contribution in [2.45, 2.75) is 38.6 Å². The molecule has 3 heterocycles. The molecule has 0 saturated carbocycles. The summed E-state index contributed by atoms with van der Waals surface area (Å²) in [7, 11) is 1.85. The standard InChI is InChI=1S/C18H31N5OS.HI/c1-14-11-21-17(25-14)3-7-20-18(19-2)22-16-4-8-23(9-5-16)12-15-6-10-24-13-15;/h11,15-16H,3-10,12-13H2,1-2H3,(H2,19,20,22);1H. The van der Waals surface area contributed by atoms with Crippen LogP contribution in [-0.2, 0) is 11.2 Å². The zero-order chi connectivity index (χ0) is 17.5. The van der Waals surface area contributed by atoms with E-state index < -0.39 is 0 Å². The van der Waals surface area contributed by atoms with Crippen LogP contribution in [0.4, 0.5) is 0 Å². The van der Waals surface area contributed by atoms with E-state index in [-0.39, 0.29) is 24.0 Å². The number of nitrogens with zero attached hydrogens (tertiary/aromatic N) is 3. The largest absolute Gasteiger partial charge is 0.381 e. The molecule has 1 unspecified atom stereocenters. The van der Waals surface area contributed by atoms with Crippen molar-refractivity contribution in [3.05, 3.63) is 16.1 Å². The number of piperidine rings is 1. The molecule has 0 radical (unpaired) electrons. The second kappa shape index (κ2) is 11.4. The third kappa shape index (κ3) is 6.94. The molecule has 2 saturated heterocycles. The molecule has 2 N–H and O–H groups in total. The van der Waals surface area contributed by atoms with Crippen molar-refractivity contribution in [3.8, 4) is 0 Å². The van der Waals surface area contributed by atoms with Gasteiger partial charge in [0.1, 0.15) is 0 Å². The van der Waals surface area contributed by atoms with Crippen molar-refractivity contribution >= 4 is 41.3 Å². The van der Waals surface area contributed by atoms with E-state index in [2.05, 4.69) is 32.4 Å². The Balaban J connectivity index is 0.00000243. The first kappa shape index (κ1) is 21.8. The highest BCUT2D eigenvalue weighted by Gasteiger charge is 2.24. The Labute approximate surface area is 178 Å². The summed E-state index contributed by atoms with van der Waals surface area (Å²) >= 11 is 1.77. The first-order valence-electron chi connectivity index (χ1n) is 9.41. The number of aliphatic imine (C=N–C) groups is 1. The molecule has 2 aliphatic heterocycles. The van der Waals surface area contributed by atoms with E-state index >= 15 is 0 Å². The number of halogens is 1. The van der Waals surface area contributed by atoms with Gasteiger partial charge in [-0.15, -0.1) is 35.3 Å². The van der Waals surface area contributed by atoms with Crippen LogP contribution in [0.3, 0.4) is 0 Å². The Kier molecular flexibility index (Phi) is 9.58. The summed E-state index contributed by atoms with van der Waals surface area (Å²) in [6.07, 6.45) is 6.48. The maximum Gasteiger partial charge on any atom is 0.191 e. The van der Waals surface area contributed by atoms with E-state index in [9.17, 15) is 0 Å². The summed E-state index contributed by atoms with van der Waals surface area (Å²) in [6.45, 7) is 8.41. The lowest BCUT2D eigenvalue weighted by Gasteiger charge is -2.34. The van der Waals surface area contributed by atoms with Crippen LogP contribution in [0, 0.1) is 12.8 Å². The van der Waals surface area contributed by atoms with E-state index in [4.69, 9.17) is 4.74 Å². The third-order valence-corrected chi connectivity index (χ3v) is 5.97. The number of guanidine groups is 1. The minimum atomic E-state index is 0. The first-order chi connectivity index (χ1) is 12.2. The molecule has 0 aromatic carbocycles. The van der Waals surface area contributed by atoms with Gasteiger partial charge >= 0.3 is 0 Å². The lowest BCUT2D eigenvalue weighted by Crippen LogP contribution is -2.49. The summed E-state index contributed by atoms with van der Waals surface area (Å²) in [5.74, 6) is 1.66. The maximum absolute atomic E-state index is 5.49. The minimum absolute atomic E-state index is 0. The van der Waals surface area contributed by atoms with Crippen molar-refractivity contribution in [2.24, 2.45) is 10.9 Å². The Morgan fingerprint density at radius 2 is 2.19 bits per heavy atom. The van der Waals surface area contributed by atoms with Crippen LogP contribution in [0.25, 0.3) is 0 Å². The summed E-state index contributed by atoms with van der Waals surface area (Å²) in [5.41, 5.74) is 0. The third-order valence-electron chi connectivity index (χ3n) is 4.99. The Morgan fingerprint density at radius 1 is 1.38 bits per heavy atom. The molecule has 1 atom stereocenters. The predicted molar refractivity (Wildman–Crippen MR) is 119 cm³/mol.